The number of rotatable bonds is 8. The first-order chi connectivity index (χ1) is 12.6. The van der Waals surface area contributed by atoms with Crippen molar-refractivity contribution in [2.75, 3.05) is 14.2 Å². The summed E-state index contributed by atoms with van der Waals surface area (Å²) in [5, 5.41) is 8.72. The molecule has 3 N–H and O–H groups in total. The van der Waals surface area contributed by atoms with Crippen LogP contribution in [0.1, 0.15) is 27.9 Å². The molecule has 0 aliphatic carbocycles. The molecule has 0 aliphatic rings. The molecule has 0 saturated carbocycles. The number of hydrogen-bond acceptors (Lipinski definition) is 6. The normalized spacial score (nSPS) is 11.0. The predicted octanol–water partition coefficient (Wildman–Crippen LogP) is 2.31. The molecule has 1 amide bonds. The largest absolute Gasteiger partial charge is 0.497 e. The Morgan fingerprint density at radius 1 is 1.12 bits per heavy atom. The first kappa shape index (κ1) is 19.2. The molecule has 0 heterocycles. The van der Waals surface area contributed by atoms with Crippen LogP contribution in [0.2, 0.25) is 0 Å². The van der Waals surface area contributed by atoms with Crippen LogP contribution in [0.15, 0.2) is 54.2 Å². The highest BCUT2D eigenvalue weighted by molar-refractivity contribution is 6.11. The summed E-state index contributed by atoms with van der Waals surface area (Å²) in [6.07, 6.45) is 1.43. The van der Waals surface area contributed by atoms with Gasteiger partial charge in [-0.1, -0.05) is 30.3 Å². The van der Waals surface area contributed by atoms with Crippen LogP contribution in [0.4, 0.5) is 0 Å². The number of ether oxygens (including phenoxy) is 1. The fourth-order valence-electron chi connectivity index (χ4n) is 2.39. The molecule has 0 spiro atoms. The Bertz CT molecular complexity index is 803. The lowest BCUT2D eigenvalue weighted by molar-refractivity contribution is -0.128. The molecule has 26 heavy (non-hydrogen) atoms. The molecule has 0 bridgehead atoms. The van der Waals surface area contributed by atoms with E-state index in [0.717, 1.165) is 0 Å². The van der Waals surface area contributed by atoms with Gasteiger partial charge >= 0.3 is 0 Å². The topological polar surface area (TPSA) is 96.9 Å². The van der Waals surface area contributed by atoms with Crippen LogP contribution in [0.25, 0.3) is 6.08 Å². The Hall–Kier alpha value is -3.16. The Balaban J connectivity index is 2.48. The van der Waals surface area contributed by atoms with Crippen molar-refractivity contribution in [3.63, 3.8) is 0 Å². The van der Waals surface area contributed by atoms with E-state index in [1.807, 2.05) is 6.07 Å². The monoisotopic (exact) mass is 356 g/mol. The summed E-state index contributed by atoms with van der Waals surface area (Å²) in [7, 11) is 2.92. The predicted molar refractivity (Wildman–Crippen MR) is 95.5 cm³/mol. The zero-order valence-corrected chi connectivity index (χ0v) is 14.5. The molecule has 0 aliphatic heterocycles. The summed E-state index contributed by atoms with van der Waals surface area (Å²) in [5.41, 5.74) is 6.02. The minimum Gasteiger partial charge on any atom is -0.497 e. The maximum atomic E-state index is 12.8. The third-order valence-electron chi connectivity index (χ3n) is 3.58. The van der Waals surface area contributed by atoms with E-state index in [0.29, 0.717) is 28.1 Å². The lowest BCUT2D eigenvalue weighted by Crippen LogP contribution is -2.23. The van der Waals surface area contributed by atoms with Gasteiger partial charge in [0.1, 0.15) is 5.75 Å². The number of methoxy groups -OCH3 is 1. The van der Waals surface area contributed by atoms with Crippen LogP contribution in [-0.2, 0) is 9.63 Å². The minimum atomic E-state index is -0.625. The third-order valence-corrected chi connectivity index (χ3v) is 3.58. The van der Waals surface area contributed by atoms with E-state index in [9.17, 15) is 9.59 Å². The number of ketones is 1. The number of amides is 1. The van der Waals surface area contributed by atoms with Gasteiger partial charge in [-0.3, -0.25) is 25.1 Å². The Morgan fingerprint density at radius 3 is 2.46 bits per heavy atom. The van der Waals surface area contributed by atoms with Gasteiger partial charge in [-0.25, -0.2) is 5.48 Å². The first-order valence-electron chi connectivity index (χ1n) is 7.79. The lowest BCUT2D eigenvalue weighted by atomic mass is 9.97. The average Bonchev–Trinajstić information content (AvgIpc) is 2.68. The Kier molecular flexibility index (Phi) is 6.90. The molecular formula is C19H20N2O5. The molecule has 2 rings (SSSR count). The summed E-state index contributed by atoms with van der Waals surface area (Å²) < 4.78 is 5.23. The van der Waals surface area contributed by atoms with Gasteiger partial charge in [0.15, 0.2) is 5.78 Å². The zero-order valence-electron chi connectivity index (χ0n) is 14.5. The minimum absolute atomic E-state index is 0.164. The molecule has 2 aromatic carbocycles. The third kappa shape index (κ3) is 4.92. The zero-order chi connectivity index (χ0) is 18.9. The summed E-state index contributed by atoms with van der Waals surface area (Å²) >= 11 is 0. The highest BCUT2D eigenvalue weighted by Crippen LogP contribution is 2.23. The van der Waals surface area contributed by atoms with Crippen LogP contribution >= 0.6 is 0 Å². The average molecular weight is 356 g/mol. The standard InChI is InChI=1S/C19H20N2O5/c1-25-16-8-9-17(19(23)13-6-4-3-5-7-13)14(11-16)10-15(21-26-2)12-18(22)20-24/h3-11,21,24H,12H2,1-2H3,(H,20,22). The molecule has 0 saturated heterocycles. The van der Waals surface area contributed by atoms with Crippen LogP contribution in [-0.4, -0.2) is 31.1 Å². The van der Waals surface area contributed by atoms with E-state index in [2.05, 4.69) is 5.48 Å². The molecular weight excluding hydrogens is 336 g/mol. The van der Waals surface area contributed by atoms with Crippen molar-refractivity contribution in [1.29, 1.82) is 0 Å². The van der Waals surface area contributed by atoms with Crippen molar-refractivity contribution in [1.82, 2.24) is 11.0 Å². The fraction of sp³-hybridized carbons (Fsp3) is 0.158. The van der Waals surface area contributed by atoms with Crippen molar-refractivity contribution >= 4 is 17.8 Å². The van der Waals surface area contributed by atoms with E-state index in [1.165, 1.54) is 14.2 Å². The lowest BCUT2D eigenvalue weighted by Gasteiger charge is -2.12. The molecule has 0 radical (unpaired) electrons. The summed E-state index contributed by atoms with van der Waals surface area (Å²) in [5.74, 6) is -0.230. The summed E-state index contributed by atoms with van der Waals surface area (Å²) in [4.78, 5) is 29.2. The van der Waals surface area contributed by atoms with Crippen molar-refractivity contribution in [3.8, 4) is 5.75 Å². The first-order valence-corrected chi connectivity index (χ1v) is 7.79. The highest BCUT2D eigenvalue weighted by Gasteiger charge is 2.15. The smallest absolute Gasteiger partial charge is 0.249 e. The number of hydroxylamine groups is 2. The van der Waals surface area contributed by atoms with Gasteiger partial charge in [0.2, 0.25) is 5.91 Å². The second kappa shape index (κ2) is 9.36. The van der Waals surface area contributed by atoms with Gasteiger partial charge in [-0.15, -0.1) is 0 Å². The maximum absolute atomic E-state index is 12.8. The van der Waals surface area contributed by atoms with E-state index < -0.39 is 5.91 Å². The molecule has 0 aromatic heterocycles. The van der Waals surface area contributed by atoms with Crippen LogP contribution in [0, 0.1) is 0 Å². The molecule has 0 unspecified atom stereocenters. The van der Waals surface area contributed by atoms with Gasteiger partial charge < -0.3 is 4.74 Å². The van der Waals surface area contributed by atoms with Crippen molar-refractivity contribution in [2.24, 2.45) is 0 Å². The molecule has 7 heteroatoms. The van der Waals surface area contributed by atoms with E-state index in [-0.39, 0.29) is 12.2 Å². The van der Waals surface area contributed by atoms with Crippen molar-refractivity contribution in [2.45, 2.75) is 6.42 Å². The molecule has 136 valence electrons. The second-order valence-corrected chi connectivity index (χ2v) is 5.34. The fourth-order valence-corrected chi connectivity index (χ4v) is 2.39. The van der Waals surface area contributed by atoms with Crippen molar-refractivity contribution < 1.29 is 24.4 Å². The number of nitrogens with one attached hydrogen (secondary N) is 2. The number of hydrogen-bond donors (Lipinski definition) is 3. The van der Waals surface area contributed by atoms with Gasteiger partial charge in [-0.05, 0) is 29.8 Å². The van der Waals surface area contributed by atoms with Crippen molar-refractivity contribution in [3.05, 3.63) is 70.9 Å². The van der Waals surface area contributed by atoms with Gasteiger partial charge in [0.05, 0.1) is 20.6 Å². The molecule has 2 aromatic rings. The van der Waals surface area contributed by atoms with Gasteiger partial charge in [-0.2, -0.15) is 0 Å². The van der Waals surface area contributed by atoms with Crippen LogP contribution in [0.5, 0.6) is 5.75 Å². The Labute approximate surface area is 151 Å². The highest BCUT2D eigenvalue weighted by atomic mass is 16.6. The summed E-state index contributed by atoms with van der Waals surface area (Å²) in [6.45, 7) is 0. The van der Waals surface area contributed by atoms with E-state index in [4.69, 9.17) is 14.8 Å². The van der Waals surface area contributed by atoms with Gasteiger partial charge in [0.25, 0.3) is 0 Å². The van der Waals surface area contributed by atoms with Crippen LogP contribution in [0.3, 0.4) is 0 Å². The Morgan fingerprint density at radius 2 is 1.85 bits per heavy atom. The number of benzene rings is 2. The number of carbonyl (C=O) groups excluding carboxylic acids is 2. The maximum Gasteiger partial charge on any atom is 0.249 e. The SMILES string of the molecule is CONC(=Cc1cc(OC)ccc1C(=O)c1ccccc1)CC(=O)NO. The van der Waals surface area contributed by atoms with Gasteiger partial charge in [0, 0.05) is 16.8 Å². The molecule has 0 atom stereocenters. The number of carbonyl (C=O) groups is 2. The van der Waals surface area contributed by atoms with Crippen LogP contribution < -0.4 is 15.7 Å². The molecule has 0 fully saturated rings. The summed E-state index contributed by atoms with van der Waals surface area (Å²) in [6, 6.07) is 13.9. The second-order valence-electron chi connectivity index (χ2n) is 5.34. The quantitative estimate of drug-likeness (QED) is 0.382. The van der Waals surface area contributed by atoms with E-state index in [1.54, 1.807) is 54.0 Å². The molecule has 7 nitrogen and oxygen atoms in total. The van der Waals surface area contributed by atoms with E-state index >= 15 is 0 Å².